The Hall–Kier alpha value is -4.55. The highest BCUT2D eigenvalue weighted by molar-refractivity contribution is 6.01. The number of carbonyl (C=O) groups excluding carboxylic acids is 5. The van der Waals surface area contributed by atoms with Crippen LogP contribution in [0.4, 0.5) is 8.78 Å². The summed E-state index contributed by atoms with van der Waals surface area (Å²) in [4.78, 5) is 92.9. The fourth-order valence-electron chi connectivity index (χ4n) is 8.57. The first-order valence-corrected chi connectivity index (χ1v) is 16.6. The molecule has 0 radical (unpaired) electrons. The molecule has 51 heavy (non-hydrogen) atoms. The van der Waals surface area contributed by atoms with Gasteiger partial charge in [0.1, 0.15) is 6.17 Å². The summed E-state index contributed by atoms with van der Waals surface area (Å²) in [6, 6.07) is 0. The second kappa shape index (κ2) is 15.4. The van der Waals surface area contributed by atoms with E-state index in [2.05, 4.69) is 15.0 Å². The number of ketones is 2. The SMILES string of the molecule is CC12C=CC(=O)C=C1[C@@H](F)CC1C3CC[C@](OC(=O)CCCO[N+](=O)[O-])(C(=O)COC(=O)CCNC(=O)CCCO[N+](=O)[O-])C3(C)CC(O)[C@@]12F. The lowest BCUT2D eigenvalue weighted by atomic mass is 9.44. The molecular formula is C32H41F2N3O14. The van der Waals surface area contributed by atoms with E-state index in [1.54, 1.807) is 0 Å². The van der Waals surface area contributed by atoms with E-state index in [9.17, 15) is 49.3 Å². The lowest BCUT2D eigenvalue weighted by Gasteiger charge is -2.63. The number of aliphatic hydroxyl groups excluding tert-OH is 1. The first kappa shape index (κ1) is 39.2. The Bertz CT molecular complexity index is 1510. The van der Waals surface area contributed by atoms with Gasteiger partial charge in [0.2, 0.25) is 11.7 Å². The van der Waals surface area contributed by atoms with E-state index in [0.29, 0.717) is 0 Å². The molecule has 17 nitrogen and oxygen atoms in total. The number of esters is 2. The minimum absolute atomic E-state index is 0.0492. The van der Waals surface area contributed by atoms with Gasteiger partial charge in [0.05, 0.1) is 25.7 Å². The Morgan fingerprint density at radius 1 is 1.02 bits per heavy atom. The molecule has 5 unspecified atom stereocenters. The van der Waals surface area contributed by atoms with Crippen molar-refractivity contribution in [1.82, 2.24) is 5.32 Å². The predicted molar refractivity (Wildman–Crippen MR) is 165 cm³/mol. The van der Waals surface area contributed by atoms with Crippen molar-refractivity contribution >= 4 is 29.4 Å². The van der Waals surface area contributed by atoms with Crippen molar-refractivity contribution < 1.29 is 67.2 Å². The number of hydrogen-bond acceptors (Lipinski definition) is 14. The average molecular weight is 730 g/mol. The van der Waals surface area contributed by atoms with Crippen LogP contribution in [0.1, 0.15) is 71.6 Å². The standard InChI is InChI=1S/C32H41F2N3O14/c1-29-10-7-19(38)15-22(29)23(33)16-21-20-8-11-31(30(20,2)17-24(39)32(21,29)34,51-28(43)6-4-14-50-37(46)47)25(40)18-48-27(42)9-12-35-26(41)5-3-13-49-36(44)45/h7,10,15,20-21,23-24,39H,3-6,8-9,11-14,16-18H2,1-2H3,(H,35,41)/t20?,21?,23-,24?,29?,30?,31-,32-/m0/s1. The number of amides is 1. The molecule has 0 aromatic rings. The average Bonchev–Trinajstić information content (AvgIpc) is 3.34. The molecule has 4 rings (SSSR count). The molecule has 0 aromatic carbocycles. The van der Waals surface area contributed by atoms with Crippen LogP contribution < -0.4 is 5.32 Å². The van der Waals surface area contributed by atoms with Gasteiger partial charge in [-0.25, -0.2) is 8.78 Å². The first-order chi connectivity index (χ1) is 23.9. The van der Waals surface area contributed by atoms with Gasteiger partial charge in [-0.05, 0) is 69.1 Å². The van der Waals surface area contributed by atoms with Gasteiger partial charge in [-0.1, -0.05) is 13.0 Å². The number of halogens is 2. The maximum absolute atomic E-state index is 17.6. The number of nitrogens with one attached hydrogen (secondary N) is 1. The maximum Gasteiger partial charge on any atom is 0.308 e. The molecule has 19 heteroatoms. The number of rotatable bonds is 17. The van der Waals surface area contributed by atoms with Crippen LogP contribution in [-0.4, -0.2) is 94.6 Å². The maximum atomic E-state index is 17.6. The molecule has 0 heterocycles. The molecule has 2 N–H and O–H groups in total. The van der Waals surface area contributed by atoms with E-state index in [4.69, 9.17) is 9.47 Å². The minimum atomic E-state index is -2.47. The van der Waals surface area contributed by atoms with E-state index >= 15 is 8.78 Å². The van der Waals surface area contributed by atoms with Crippen molar-refractivity contribution in [3.63, 3.8) is 0 Å². The van der Waals surface area contributed by atoms with Gasteiger partial charge < -0.3 is 29.6 Å². The number of alkyl halides is 2. The van der Waals surface area contributed by atoms with E-state index in [1.165, 1.54) is 19.9 Å². The van der Waals surface area contributed by atoms with Crippen molar-refractivity contribution in [2.24, 2.45) is 22.7 Å². The zero-order valence-corrected chi connectivity index (χ0v) is 28.1. The molecule has 0 saturated heterocycles. The topological polar surface area (TPSA) is 241 Å². The first-order valence-electron chi connectivity index (χ1n) is 16.6. The Kier molecular flexibility index (Phi) is 11.8. The molecule has 4 aliphatic carbocycles. The quantitative estimate of drug-likeness (QED) is 0.0944. The lowest BCUT2D eigenvalue weighted by molar-refractivity contribution is -0.757. The summed E-state index contributed by atoms with van der Waals surface area (Å²) in [7, 11) is 0. The van der Waals surface area contributed by atoms with Crippen LogP contribution in [0, 0.1) is 42.9 Å². The number of aliphatic hydroxyl groups is 1. The van der Waals surface area contributed by atoms with Crippen LogP contribution in [0.5, 0.6) is 0 Å². The molecule has 1 amide bonds. The van der Waals surface area contributed by atoms with Crippen molar-refractivity contribution in [3.8, 4) is 0 Å². The van der Waals surface area contributed by atoms with E-state index in [0.717, 1.165) is 12.2 Å². The number of allylic oxidation sites excluding steroid dienone is 4. The van der Waals surface area contributed by atoms with Crippen molar-refractivity contribution in [2.75, 3.05) is 26.4 Å². The van der Waals surface area contributed by atoms with E-state index in [-0.39, 0.29) is 57.2 Å². The van der Waals surface area contributed by atoms with Gasteiger partial charge in [-0.15, -0.1) is 20.2 Å². The number of nitrogens with zero attached hydrogens (tertiary/aromatic N) is 2. The predicted octanol–water partition coefficient (Wildman–Crippen LogP) is 2.18. The number of carbonyl (C=O) groups is 5. The second-order valence-electron chi connectivity index (χ2n) is 13.7. The molecule has 282 valence electrons. The third kappa shape index (κ3) is 7.57. The largest absolute Gasteiger partial charge is 0.457 e. The van der Waals surface area contributed by atoms with Crippen LogP contribution in [0.3, 0.4) is 0 Å². The Balaban J connectivity index is 1.52. The van der Waals surface area contributed by atoms with E-state index in [1.807, 2.05) is 0 Å². The minimum Gasteiger partial charge on any atom is -0.457 e. The normalized spacial score (nSPS) is 33.4. The molecule has 0 bridgehead atoms. The summed E-state index contributed by atoms with van der Waals surface area (Å²) in [5.41, 5.74) is -7.83. The zero-order chi connectivity index (χ0) is 37.8. The van der Waals surface area contributed by atoms with Crippen LogP contribution in [-0.2, 0) is 43.1 Å². The molecule has 0 aromatic heterocycles. The van der Waals surface area contributed by atoms with Crippen LogP contribution >= 0.6 is 0 Å². The fourth-order valence-corrected chi connectivity index (χ4v) is 8.57. The second-order valence-corrected chi connectivity index (χ2v) is 13.7. The Morgan fingerprint density at radius 3 is 2.31 bits per heavy atom. The molecule has 3 saturated carbocycles. The fraction of sp³-hybridized carbons (Fsp3) is 0.719. The third-order valence-corrected chi connectivity index (χ3v) is 11.0. The van der Waals surface area contributed by atoms with Crippen LogP contribution in [0.15, 0.2) is 23.8 Å². The molecular weight excluding hydrogens is 688 g/mol. The smallest absolute Gasteiger partial charge is 0.308 e. The summed E-state index contributed by atoms with van der Waals surface area (Å²) in [5.74, 6) is -5.81. The highest BCUT2D eigenvalue weighted by Crippen LogP contribution is 2.70. The molecule has 0 spiro atoms. The Labute approximate surface area is 290 Å². The molecule has 3 fully saturated rings. The van der Waals surface area contributed by atoms with Gasteiger partial charge in [-0.3, -0.25) is 24.0 Å². The zero-order valence-electron chi connectivity index (χ0n) is 28.1. The van der Waals surface area contributed by atoms with Gasteiger partial charge in [0.25, 0.3) is 10.2 Å². The van der Waals surface area contributed by atoms with Gasteiger partial charge >= 0.3 is 11.9 Å². The number of ether oxygens (including phenoxy) is 2. The van der Waals surface area contributed by atoms with Crippen molar-refractivity contribution in [1.29, 1.82) is 0 Å². The van der Waals surface area contributed by atoms with Gasteiger partial charge in [0, 0.05) is 36.1 Å². The summed E-state index contributed by atoms with van der Waals surface area (Å²) >= 11 is 0. The van der Waals surface area contributed by atoms with Crippen LogP contribution in [0.25, 0.3) is 0 Å². The summed E-state index contributed by atoms with van der Waals surface area (Å²) in [5, 5.41) is 32.7. The van der Waals surface area contributed by atoms with Crippen molar-refractivity contribution in [2.45, 2.75) is 95.2 Å². The number of Topliss-reactive ketones (excluding diaryl/α,β-unsaturated/α-hetero) is 1. The highest BCUT2D eigenvalue weighted by atomic mass is 19.1. The Morgan fingerprint density at radius 2 is 1.67 bits per heavy atom. The summed E-state index contributed by atoms with van der Waals surface area (Å²) in [6.07, 6.45) is -2.14. The summed E-state index contributed by atoms with van der Waals surface area (Å²) < 4.78 is 44.4. The lowest BCUT2D eigenvalue weighted by Crippen LogP contribution is -2.70. The summed E-state index contributed by atoms with van der Waals surface area (Å²) in [6.45, 7) is 1.10. The highest BCUT2D eigenvalue weighted by Gasteiger charge is 2.76. The van der Waals surface area contributed by atoms with E-state index < -0.39 is 118 Å². The van der Waals surface area contributed by atoms with Crippen LogP contribution in [0.2, 0.25) is 0 Å². The molecule has 8 atom stereocenters. The third-order valence-electron chi connectivity index (χ3n) is 11.0. The number of hydrogen-bond donors (Lipinski definition) is 2. The monoisotopic (exact) mass is 729 g/mol. The van der Waals surface area contributed by atoms with Gasteiger partial charge in [-0.2, -0.15) is 0 Å². The molecule has 0 aliphatic heterocycles. The molecule has 4 aliphatic rings. The number of fused-ring (bicyclic) bond motifs is 5. The van der Waals surface area contributed by atoms with Gasteiger partial charge in [0.15, 0.2) is 23.7 Å². The van der Waals surface area contributed by atoms with Crippen molar-refractivity contribution in [3.05, 3.63) is 44.0 Å².